The van der Waals surface area contributed by atoms with Crippen LogP contribution >= 0.6 is 24.0 Å². The second-order valence-corrected chi connectivity index (χ2v) is 8.17. The van der Waals surface area contributed by atoms with Gasteiger partial charge in [0, 0.05) is 24.7 Å². The predicted octanol–water partition coefficient (Wildman–Crippen LogP) is 4.20. The molecule has 2 aliphatic heterocycles. The van der Waals surface area contributed by atoms with Gasteiger partial charge in [-0.1, -0.05) is 66.5 Å². The number of allylic oxidation sites excluding steroid dienone is 2. The summed E-state index contributed by atoms with van der Waals surface area (Å²) in [6.07, 6.45) is 5.63. The number of benzene rings is 2. The number of thioether (sulfide) groups is 1. The molecule has 0 spiro atoms. The van der Waals surface area contributed by atoms with Crippen LogP contribution < -0.4 is 14.8 Å². The Morgan fingerprint density at radius 3 is 2.80 bits per heavy atom. The van der Waals surface area contributed by atoms with Crippen LogP contribution in [0.3, 0.4) is 0 Å². The summed E-state index contributed by atoms with van der Waals surface area (Å²) in [5.74, 6) is 0.853. The van der Waals surface area contributed by atoms with Crippen molar-refractivity contribution in [3.8, 4) is 11.5 Å². The van der Waals surface area contributed by atoms with Crippen molar-refractivity contribution in [1.82, 2.24) is 4.90 Å². The lowest BCUT2D eigenvalue weighted by atomic mass is 10.2. The smallest absolute Gasteiger partial charge is 0.266 e. The van der Waals surface area contributed by atoms with E-state index in [4.69, 9.17) is 21.7 Å². The molecule has 0 unspecified atom stereocenters. The minimum Gasteiger partial charge on any atom is -0.454 e. The maximum absolute atomic E-state index is 12.6. The summed E-state index contributed by atoms with van der Waals surface area (Å²) in [7, 11) is 0. The fourth-order valence-electron chi connectivity index (χ4n) is 2.93. The van der Waals surface area contributed by atoms with Gasteiger partial charge in [-0.15, -0.1) is 0 Å². The zero-order valence-corrected chi connectivity index (χ0v) is 17.5. The second-order valence-electron chi connectivity index (χ2n) is 6.49. The molecular weight excluding hydrogens is 420 g/mol. The Kier molecular flexibility index (Phi) is 6.15. The quantitative estimate of drug-likeness (QED) is 0.539. The van der Waals surface area contributed by atoms with Crippen molar-refractivity contribution in [3.05, 3.63) is 71.2 Å². The average Bonchev–Trinajstić information content (AvgIpc) is 3.31. The minimum atomic E-state index is -0.212. The largest absolute Gasteiger partial charge is 0.454 e. The molecule has 0 aliphatic carbocycles. The van der Waals surface area contributed by atoms with Gasteiger partial charge < -0.3 is 14.8 Å². The first kappa shape index (κ1) is 20.2. The van der Waals surface area contributed by atoms with Crippen LogP contribution in [0.15, 0.2) is 65.6 Å². The van der Waals surface area contributed by atoms with E-state index in [1.54, 1.807) is 24.3 Å². The summed E-state index contributed by atoms with van der Waals surface area (Å²) >= 11 is 6.56. The zero-order chi connectivity index (χ0) is 20.9. The standard InChI is InChI=1S/C22H18N2O4S2/c25-20(23-16-9-10-17-18(13-16)28-14-27-17)11-12-24-21(26)19(30-22(24)29)8-4-7-15-5-2-1-3-6-15/h1-10,13H,11-12,14H2,(H,23,25)/b7-4+,19-8-. The van der Waals surface area contributed by atoms with Crippen molar-refractivity contribution in [3.63, 3.8) is 0 Å². The van der Waals surface area contributed by atoms with Gasteiger partial charge in [-0.05, 0) is 23.8 Å². The van der Waals surface area contributed by atoms with E-state index in [1.165, 1.54) is 16.7 Å². The van der Waals surface area contributed by atoms with Gasteiger partial charge in [0.15, 0.2) is 11.5 Å². The van der Waals surface area contributed by atoms with Crippen LogP contribution in [-0.2, 0) is 9.59 Å². The number of thiocarbonyl (C=S) groups is 1. The molecule has 2 aromatic carbocycles. The van der Waals surface area contributed by atoms with E-state index < -0.39 is 0 Å². The molecule has 0 radical (unpaired) electrons. The number of nitrogens with zero attached hydrogens (tertiary/aromatic N) is 1. The van der Waals surface area contributed by atoms with Gasteiger partial charge in [0.25, 0.3) is 5.91 Å². The zero-order valence-electron chi connectivity index (χ0n) is 15.9. The highest BCUT2D eigenvalue weighted by Gasteiger charge is 2.31. The highest BCUT2D eigenvalue weighted by molar-refractivity contribution is 8.26. The number of anilines is 1. The number of carbonyl (C=O) groups is 2. The van der Waals surface area contributed by atoms with E-state index >= 15 is 0 Å². The van der Waals surface area contributed by atoms with Gasteiger partial charge in [-0.25, -0.2) is 0 Å². The number of rotatable bonds is 6. The molecule has 0 atom stereocenters. The molecule has 0 saturated carbocycles. The van der Waals surface area contributed by atoms with Gasteiger partial charge in [0.05, 0.1) is 4.91 Å². The lowest BCUT2D eigenvalue weighted by Crippen LogP contribution is -2.31. The number of hydrogen-bond acceptors (Lipinski definition) is 6. The van der Waals surface area contributed by atoms with Crippen LogP contribution in [0.5, 0.6) is 11.5 Å². The predicted molar refractivity (Wildman–Crippen MR) is 121 cm³/mol. The molecule has 0 bridgehead atoms. The Morgan fingerprint density at radius 1 is 1.17 bits per heavy atom. The number of nitrogens with one attached hydrogen (secondary N) is 1. The molecule has 0 aromatic heterocycles. The molecule has 152 valence electrons. The summed E-state index contributed by atoms with van der Waals surface area (Å²) in [5, 5.41) is 2.80. The summed E-state index contributed by atoms with van der Waals surface area (Å²) < 4.78 is 11.0. The number of carbonyl (C=O) groups excluding carboxylic acids is 2. The molecule has 2 heterocycles. The third-order valence-electron chi connectivity index (χ3n) is 4.43. The molecule has 8 heteroatoms. The van der Waals surface area contributed by atoms with E-state index in [2.05, 4.69) is 5.32 Å². The molecular formula is C22H18N2O4S2. The molecule has 6 nitrogen and oxygen atoms in total. The number of amides is 2. The Morgan fingerprint density at radius 2 is 1.97 bits per heavy atom. The number of hydrogen-bond donors (Lipinski definition) is 1. The molecule has 2 aromatic rings. The first-order chi connectivity index (χ1) is 14.6. The van der Waals surface area contributed by atoms with Crippen molar-refractivity contribution in [2.45, 2.75) is 6.42 Å². The van der Waals surface area contributed by atoms with Crippen molar-refractivity contribution >= 4 is 51.9 Å². The summed E-state index contributed by atoms with van der Waals surface area (Å²) in [4.78, 5) is 26.9. The first-order valence-corrected chi connectivity index (χ1v) is 10.5. The maximum atomic E-state index is 12.6. The van der Waals surface area contributed by atoms with Gasteiger partial charge in [0.2, 0.25) is 12.7 Å². The molecule has 2 aliphatic rings. The Balaban J connectivity index is 1.31. The van der Waals surface area contributed by atoms with E-state index in [0.29, 0.717) is 26.4 Å². The van der Waals surface area contributed by atoms with E-state index in [1.807, 2.05) is 42.5 Å². The highest BCUT2D eigenvalue weighted by Crippen LogP contribution is 2.34. The van der Waals surface area contributed by atoms with Crippen LogP contribution in [0.1, 0.15) is 12.0 Å². The molecule has 4 rings (SSSR count). The number of ether oxygens (including phenoxy) is 2. The lowest BCUT2D eigenvalue weighted by Gasteiger charge is -2.14. The fourth-order valence-corrected chi connectivity index (χ4v) is 4.19. The topological polar surface area (TPSA) is 67.9 Å². The van der Waals surface area contributed by atoms with Gasteiger partial charge >= 0.3 is 0 Å². The molecule has 30 heavy (non-hydrogen) atoms. The van der Waals surface area contributed by atoms with Crippen molar-refractivity contribution in [1.29, 1.82) is 0 Å². The van der Waals surface area contributed by atoms with Crippen LogP contribution in [-0.4, -0.2) is 34.4 Å². The third kappa shape index (κ3) is 4.72. The van der Waals surface area contributed by atoms with Gasteiger partial charge in [0.1, 0.15) is 4.32 Å². The summed E-state index contributed by atoms with van der Waals surface area (Å²) in [6, 6.07) is 15.0. The second kappa shape index (κ2) is 9.15. The van der Waals surface area contributed by atoms with Crippen LogP contribution in [0.2, 0.25) is 0 Å². The van der Waals surface area contributed by atoms with Crippen LogP contribution in [0, 0.1) is 0 Å². The SMILES string of the molecule is O=C(CCN1C(=O)/C(=C/C=C/c2ccccc2)SC1=S)Nc1ccc2c(c1)OCO2. The number of fused-ring (bicyclic) bond motifs is 1. The molecule has 2 amide bonds. The van der Waals surface area contributed by atoms with Crippen molar-refractivity contribution < 1.29 is 19.1 Å². The third-order valence-corrected chi connectivity index (χ3v) is 5.82. The van der Waals surface area contributed by atoms with Crippen LogP contribution in [0.4, 0.5) is 5.69 Å². The molecule has 1 N–H and O–H groups in total. The average molecular weight is 439 g/mol. The maximum Gasteiger partial charge on any atom is 0.266 e. The van der Waals surface area contributed by atoms with Crippen LogP contribution in [0.25, 0.3) is 6.08 Å². The Bertz CT molecular complexity index is 1050. The fraction of sp³-hybridized carbons (Fsp3) is 0.136. The van der Waals surface area contributed by atoms with E-state index in [0.717, 1.165) is 5.56 Å². The highest BCUT2D eigenvalue weighted by atomic mass is 32.2. The first-order valence-electron chi connectivity index (χ1n) is 9.27. The van der Waals surface area contributed by atoms with Gasteiger partial charge in [-0.3, -0.25) is 14.5 Å². The Hall–Kier alpha value is -3.10. The van der Waals surface area contributed by atoms with Crippen molar-refractivity contribution in [2.75, 3.05) is 18.7 Å². The molecule has 1 fully saturated rings. The normalized spacial score (nSPS) is 16.7. The monoisotopic (exact) mass is 438 g/mol. The molecule has 1 saturated heterocycles. The van der Waals surface area contributed by atoms with Crippen molar-refractivity contribution in [2.24, 2.45) is 0 Å². The van der Waals surface area contributed by atoms with Gasteiger partial charge in [-0.2, -0.15) is 0 Å². The Labute approximate surface area is 183 Å². The minimum absolute atomic E-state index is 0.133. The lowest BCUT2D eigenvalue weighted by molar-refractivity contribution is -0.122. The summed E-state index contributed by atoms with van der Waals surface area (Å²) in [5.41, 5.74) is 1.66. The van der Waals surface area contributed by atoms with E-state index in [9.17, 15) is 9.59 Å². The summed E-state index contributed by atoms with van der Waals surface area (Å²) in [6.45, 7) is 0.399. The van der Waals surface area contributed by atoms with E-state index in [-0.39, 0.29) is 31.6 Å².